The van der Waals surface area contributed by atoms with Crippen molar-refractivity contribution in [1.82, 2.24) is 0 Å². The number of rotatable bonds is 2. The van der Waals surface area contributed by atoms with Gasteiger partial charge in [-0.15, -0.1) is 11.3 Å². The highest BCUT2D eigenvalue weighted by atomic mass is 32.1. The molecule has 2 N–H and O–H groups in total. The van der Waals surface area contributed by atoms with E-state index in [1.807, 2.05) is 18.2 Å². The molecule has 94 valence electrons. The van der Waals surface area contributed by atoms with Crippen LogP contribution in [0.15, 0.2) is 35.7 Å². The quantitative estimate of drug-likeness (QED) is 0.844. The zero-order chi connectivity index (χ0) is 12.4. The lowest BCUT2D eigenvalue weighted by atomic mass is 10.1. The summed E-state index contributed by atoms with van der Waals surface area (Å²) in [5, 5.41) is 2.21. The summed E-state index contributed by atoms with van der Waals surface area (Å²) in [6, 6.07) is 10.3. The summed E-state index contributed by atoms with van der Waals surface area (Å²) in [4.78, 5) is 3.64. The van der Waals surface area contributed by atoms with Crippen LogP contribution in [0.1, 0.15) is 0 Å². The topological polar surface area (TPSA) is 38.5 Å². The van der Waals surface area contributed by atoms with Crippen molar-refractivity contribution < 1.29 is 4.74 Å². The maximum atomic E-state index is 5.82. The summed E-state index contributed by atoms with van der Waals surface area (Å²) >= 11 is 1.77. The maximum Gasteiger partial charge on any atom is 0.0642 e. The number of hydrogen-bond acceptors (Lipinski definition) is 4. The highest BCUT2D eigenvalue weighted by Gasteiger charge is 2.13. The molecule has 2 heterocycles. The summed E-state index contributed by atoms with van der Waals surface area (Å²) in [7, 11) is 0. The van der Waals surface area contributed by atoms with Gasteiger partial charge in [0.15, 0.2) is 0 Å². The van der Waals surface area contributed by atoms with Gasteiger partial charge in [0.25, 0.3) is 0 Å². The molecule has 1 saturated heterocycles. The van der Waals surface area contributed by atoms with Crippen LogP contribution < -0.4 is 10.6 Å². The molecule has 0 amide bonds. The molecule has 0 spiro atoms. The lowest BCUT2D eigenvalue weighted by molar-refractivity contribution is 0.123. The van der Waals surface area contributed by atoms with Crippen LogP contribution in [0.5, 0.6) is 0 Å². The molecule has 2 aromatic rings. The number of morpholine rings is 1. The zero-order valence-corrected chi connectivity index (χ0v) is 11.0. The van der Waals surface area contributed by atoms with E-state index in [-0.39, 0.29) is 0 Å². The largest absolute Gasteiger partial charge is 0.399 e. The number of ether oxygens (including phenoxy) is 1. The average molecular weight is 260 g/mol. The first-order valence-electron chi connectivity index (χ1n) is 6.10. The lowest BCUT2D eigenvalue weighted by Crippen LogP contribution is -2.35. The third-order valence-electron chi connectivity index (χ3n) is 3.13. The second-order valence-corrected chi connectivity index (χ2v) is 5.31. The summed E-state index contributed by atoms with van der Waals surface area (Å²) in [5.41, 5.74) is 9.12. The van der Waals surface area contributed by atoms with Gasteiger partial charge in [-0.2, -0.15) is 0 Å². The number of nitrogens with zero attached hydrogens (tertiary/aromatic N) is 1. The molecule has 0 bridgehead atoms. The van der Waals surface area contributed by atoms with Crippen molar-refractivity contribution in [2.24, 2.45) is 0 Å². The molecule has 1 aliphatic rings. The fourth-order valence-electron chi connectivity index (χ4n) is 2.16. The molecule has 1 aromatic heterocycles. The predicted molar refractivity (Wildman–Crippen MR) is 77.2 cm³/mol. The summed E-state index contributed by atoms with van der Waals surface area (Å²) in [5.74, 6) is 0. The van der Waals surface area contributed by atoms with E-state index < -0.39 is 0 Å². The van der Waals surface area contributed by atoms with Crippen molar-refractivity contribution in [3.05, 3.63) is 35.7 Å². The molecule has 0 atom stereocenters. The van der Waals surface area contributed by atoms with Crippen molar-refractivity contribution in [3.63, 3.8) is 0 Å². The van der Waals surface area contributed by atoms with E-state index in [2.05, 4.69) is 22.4 Å². The maximum absolute atomic E-state index is 5.82. The van der Waals surface area contributed by atoms with Crippen LogP contribution in [-0.4, -0.2) is 26.3 Å². The van der Waals surface area contributed by atoms with Gasteiger partial charge in [0, 0.05) is 34.7 Å². The van der Waals surface area contributed by atoms with Crippen molar-refractivity contribution >= 4 is 22.7 Å². The third-order valence-corrected chi connectivity index (χ3v) is 4.10. The van der Waals surface area contributed by atoms with Crippen LogP contribution in [-0.2, 0) is 4.74 Å². The van der Waals surface area contributed by atoms with Crippen molar-refractivity contribution in [3.8, 4) is 10.4 Å². The van der Waals surface area contributed by atoms with E-state index in [0.29, 0.717) is 0 Å². The summed E-state index contributed by atoms with van der Waals surface area (Å²) < 4.78 is 5.37. The first kappa shape index (κ1) is 11.6. The first-order valence-corrected chi connectivity index (χ1v) is 6.98. The summed E-state index contributed by atoms with van der Waals surface area (Å²) in [6.07, 6.45) is 0. The normalized spacial score (nSPS) is 15.9. The summed E-state index contributed by atoms with van der Waals surface area (Å²) in [6.45, 7) is 3.60. The number of hydrogen-bond donors (Lipinski definition) is 1. The monoisotopic (exact) mass is 260 g/mol. The van der Waals surface area contributed by atoms with E-state index in [9.17, 15) is 0 Å². The fourth-order valence-corrected chi connectivity index (χ4v) is 3.07. The van der Waals surface area contributed by atoms with Gasteiger partial charge >= 0.3 is 0 Å². The van der Waals surface area contributed by atoms with E-state index in [4.69, 9.17) is 10.5 Å². The molecule has 1 fully saturated rings. The van der Waals surface area contributed by atoms with E-state index in [1.165, 1.54) is 16.1 Å². The number of anilines is 2. The number of nitrogens with two attached hydrogens (primary N) is 1. The smallest absolute Gasteiger partial charge is 0.0642 e. The second kappa shape index (κ2) is 5.00. The first-order chi connectivity index (χ1) is 8.83. The Morgan fingerprint density at radius 1 is 1.17 bits per heavy atom. The molecule has 0 aliphatic carbocycles. The Morgan fingerprint density at radius 2 is 2.00 bits per heavy atom. The van der Waals surface area contributed by atoms with E-state index in [0.717, 1.165) is 32.0 Å². The number of thiophene rings is 1. The van der Waals surface area contributed by atoms with E-state index in [1.54, 1.807) is 11.3 Å². The van der Waals surface area contributed by atoms with Gasteiger partial charge < -0.3 is 15.4 Å². The standard InChI is InChI=1S/C14H16N2OS/c15-12-3-1-2-11(8-12)14-9-13(10-18-14)16-4-6-17-7-5-16/h1-3,8-10H,4-7,15H2. The Balaban J connectivity index is 1.84. The third kappa shape index (κ3) is 2.35. The van der Waals surface area contributed by atoms with Crippen molar-refractivity contribution in [2.75, 3.05) is 36.9 Å². The average Bonchev–Trinajstić information content (AvgIpc) is 2.89. The Bertz CT molecular complexity index is 532. The molecular formula is C14H16N2OS. The van der Waals surface area contributed by atoms with Crippen LogP contribution >= 0.6 is 11.3 Å². The van der Waals surface area contributed by atoms with E-state index >= 15 is 0 Å². The van der Waals surface area contributed by atoms with Crippen molar-refractivity contribution in [1.29, 1.82) is 0 Å². The minimum Gasteiger partial charge on any atom is -0.399 e. The molecule has 0 saturated carbocycles. The van der Waals surface area contributed by atoms with Crippen LogP contribution in [0.4, 0.5) is 11.4 Å². The molecule has 1 aliphatic heterocycles. The molecule has 18 heavy (non-hydrogen) atoms. The molecule has 1 aromatic carbocycles. The van der Waals surface area contributed by atoms with Crippen LogP contribution in [0.25, 0.3) is 10.4 Å². The minimum atomic E-state index is 0.814. The lowest BCUT2D eigenvalue weighted by Gasteiger charge is -2.27. The number of nitrogen functional groups attached to an aromatic ring is 1. The van der Waals surface area contributed by atoms with Crippen molar-refractivity contribution in [2.45, 2.75) is 0 Å². The SMILES string of the molecule is Nc1cccc(-c2cc(N3CCOCC3)cs2)c1. The van der Waals surface area contributed by atoms with Gasteiger partial charge in [0.2, 0.25) is 0 Å². The molecule has 0 unspecified atom stereocenters. The molecule has 4 heteroatoms. The minimum absolute atomic E-state index is 0.814. The van der Waals surface area contributed by atoms with Gasteiger partial charge in [0.1, 0.15) is 0 Å². The second-order valence-electron chi connectivity index (χ2n) is 4.39. The predicted octanol–water partition coefficient (Wildman–Crippen LogP) is 2.83. The van der Waals surface area contributed by atoms with Gasteiger partial charge in [-0.25, -0.2) is 0 Å². The molecule has 3 rings (SSSR count). The Hall–Kier alpha value is -1.52. The highest BCUT2D eigenvalue weighted by Crippen LogP contribution is 2.32. The zero-order valence-electron chi connectivity index (χ0n) is 10.1. The van der Waals surface area contributed by atoms with Crippen LogP contribution in [0, 0.1) is 0 Å². The van der Waals surface area contributed by atoms with Gasteiger partial charge in [-0.05, 0) is 23.8 Å². The molecular weight excluding hydrogens is 244 g/mol. The van der Waals surface area contributed by atoms with Crippen LogP contribution in [0.2, 0.25) is 0 Å². The number of benzene rings is 1. The van der Waals surface area contributed by atoms with Gasteiger partial charge in [-0.3, -0.25) is 0 Å². The Morgan fingerprint density at radius 3 is 2.78 bits per heavy atom. The van der Waals surface area contributed by atoms with Crippen LogP contribution in [0.3, 0.4) is 0 Å². The van der Waals surface area contributed by atoms with Gasteiger partial charge in [-0.1, -0.05) is 12.1 Å². The highest BCUT2D eigenvalue weighted by molar-refractivity contribution is 7.14. The Labute approximate surface area is 111 Å². The molecule has 3 nitrogen and oxygen atoms in total. The van der Waals surface area contributed by atoms with Gasteiger partial charge in [0.05, 0.1) is 13.2 Å². The Kier molecular flexibility index (Phi) is 3.21. The molecule has 0 radical (unpaired) electrons. The fraction of sp³-hybridized carbons (Fsp3) is 0.286.